The summed E-state index contributed by atoms with van der Waals surface area (Å²) in [6, 6.07) is 11.5. The van der Waals surface area contributed by atoms with Crippen LogP contribution in [0.4, 0.5) is 13.2 Å². The van der Waals surface area contributed by atoms with Crippen molar-refractivity contribution in [2.45, 2.75) is 64.2 Å². The maximum Gasteiger partial charge on any atom is 0.145 e. The summed E-state index contributed by atoms with van der Waals surface area (Å²) in [6.07, 6.45) is 10.2. The minimum atomic E-state index is -0.892. The number of halogens is 4. The van der Waals surface area contributed by atoms with Gasteiger partial charge in [-0.1, -0.05) is 74.5 Å². The van der Waals surface area contributed by atoms with Crippen molar-refractivity contribution < 1.29 is 13.2 Å². The van der Waals surface area contributed by atoms with Gasteiger partial charge in [0.05, 0.1) is 0 Å². The molecule has 164 valence electrons. The van der Waals surface area contributed by atoms with E-state index in [0.717, 1.165) is 23.4 Å². The van der Waals surface area contributed by atoms with Crippen LogP contribution in [0.1, 0.15) is 69.8 Å². The molecule has 0 N–H and O–H groups in total. The third kappa shape index (κ3) is 4.77. The second-order valence-corrected chi connectivity index (χ2v) is 9.25. The molecule has 4 rings (SSSR count). The number of benzene rings is 3. The maximum atomic E-state index is 15.2. The third-order valence-corrected chi connectivity index (χ3v) is 7.17. The Labute approximate surface area is 187 Å². The highest BCUT2D eigenvalue weighted by Crippen LogP contribution is 2.39. The van der Waals surface area contributed by atoms with E-state index in [1.807, 2.05) is 12.1 Å². The van der Waals surface area contributed by atoms with Crippen LogP contribution in [0, 0.1) is 23.4 Å². The maximum absolute atomic E-state index is 15.2. The SMILES string of the molecule is CCCCCC1CCC(c2ccc3c(F)c(-c4cc(F)c(Cl)c(F)c4)ccc3c2)CC1. The second kappa shape index (κ2) is 9.65. The first-order valence-electron chi connectivity index (χ1n) is 11.3. The van der Waals surface area contributed by atoms with Gasteiger partial charge in [-0.05, 0) is 66.2 Å². The topological polar surface area (TPSA) is 0 Å². The summed E-state index contributed by atoms with van der Waals surface area (Å²) in [5.41, 5.74) is 1.57. The van der Waals surface area contributed by atoms with E-state index in [2.05, 4.69) is 13.0 Å². The van der Waals surface area contributed by atoms with Crippen molar-refractivity contribution in [3.8, 4) is 11.1 Å². The van der Waals surface area contributed by atoms with E-state index in [9.17, 15) is 8.78 Å². The van der Waals surface area contributed by atoms with Crippen LogP contribution in [-0.4, -0.2) is 0 Å². The summed E-state index contributed by atoms with van der Waals surface area (Å²) < 4.78 is 42.9. The van der Waals surface area contributed by atoms with Gasteiger partial charge in [-0.25, -0.2) is 13.2 Å². The van der Waals surface area contributed by atoms with Gasteiger partial charge in [0.1, 0.15) is 22.5 Å². The summed E-state index contributed by atoms with van der Waals surface area (Å²) in [5, 5.41) is 0.707. The van der Waals surface area contributed by atoms with Crippen LogP contribution >= 0.6 is 11.6 Å². The monoisotopic (exact) mass is 444 g/mol. The summed E-state index contributed by atoms with van der Waals surface area (Å²) >= 11 is 5.56. The van der Waals surface area contributed by atoms with E-state index in [1.54, 1.807) is 12.1 Å². The Bertz CT molecular complexity index is 1040. The van der Waals surface area contributed by atoms with Crippen molar-refractivity contribution in [1.29, 1.82) is 0 Å². The Morgan fingerprint density at radius 3 is 2.26 bits per heavy atom. The van der Waals surface area contributed by atoms with E-state index < -0.39 is 22.5 Å². The van der Waals surface area contributed by atoms with Crippen molar-refractivity contribution in [2.24, 2.45) is 5.92 Å². The summed E-state index contributed by atoms with van der Waals surface area (Å²) in [5.74, 6) is -0.879. The molecule has 0 aromatic heterocycles. The van der Waals surface area contributed by atoms with Crippen molar-refractivity contribution in [3.05, 3.63) is 70.5 Å². The number of rotatable bonds is 6. The highest BCUT2D eigenvalue weighted by atomic mass is 35.5. The first kappa shape index (κ1) is 22.2. The lowest BCUT2D eigenvalue weighted by molar-refractivity contribution is 0.303. The van der Waals surface area contributed by atoms with Crippen molar-refractivity contribution >= 4 is 22.4 Å². The molecule has 0 saturated heterocycles. The number of unbranched alkanes of at least 4 members (excludes halogenated alkanes) is 2. The molecule has 0 radical (unpaired) electrons. The summed E-state index contributed by atoms with van der Waals surface area (Å²) in [6.45, 7) is 2.24. The molecule has 4 heteroatoms. The minimum absolute atomic E-state index is 0.143. The molecule has 0 amide bonds. The Morgan fingerprint density at radius 1 is 0.871 bits per heavy atom. The third-order valence-electron chi connectivity index (χ3n) is 6.81. The number of hydrogen-bond acceptors (Lipinski definition) is 0. The van der Waals surface area contributed by atoms with Gasteiger partial charge in [0.2, 0.25) is 0 Å². The van der Waals surface area contributed by atoms with Gasteiger partial charge in [-0.3, -0.25) is 0 Å². The zero-order valence-electron chi connectivity index (χ0n) is 17.9. The van der Waals surface area contributed by atoms with Crippen LogP contribution in [0.25, 0.3) is 21.9 Å². The van der Waals surface area contributed by atoms with E-state index in [-0.39, 0.29) is 11.1 Å². The fourth-order valence-electron chi connectivity index (χ4n) is 4.97. The van der Waals surface area contributed by atoms with E-state index in [0.29, 0.717) is 11.3 Å². The molecule has 0 bridgehead atoms. The molecular formula is C27H28ClF3. The molecule has 3 aromatic rings. The average Bonchev–Trinajstić information content (AvgIpc) is 2.78. The van der Waals surface area contributed by atoms with E-state index in [1.165, 1.54) is 56.9 Å². The molecule has 0 heterocycles. The zero-order valence-corrected chi connectivity index (χ0v) is 18.6. The predicted octanol–water partition coefficient (Wildman–Crippen LogP) is 9.43. The highest BCUT2D eigenvalue weighted by molar-refractivity contribution is 6.31. The van der Waals surface area contributed by atoms with Crippen LogP contribution in [0.15, 0.2) is 42.5 Å². The van der Waals surface area contributed by atoms with Crippen LogP contribution in [0.5, 0.6) is 0 Å². The Balaban J connectivity index is 1.54. The first-order chi connectivity index (χ1) is 15.0. The molecule has 0 aliphatic heterocycles. The quantitative estimate of drug-likeness (QED) is 0.262. The van der Waals surface area contributed by atoms with Gasteiger partial charge in [0.15, 0.2) is 0 Å². The van der Waals surface area contributed by atoms with Crippen molar-refractivity contribution in [3.63, 3.8) is 0 Å². The normalized spacial score (nSPS) is 19.1. The van der Waals surface area contributed by atoms with Crippen LogP contribution in [0.2, 0.25) is 5.02 Å². The Hall–Kier alpha value is -2.00. The lowest BCUT2D eigenvalue weighted by Crippen LogP contribution is -2.13. The lowest BCUT2D eigenvalue weighted by atomic mass is 9.76. The van der Waals surface area contributed by atoms with Gasteiger partial charge in [0.25, 0.3) is 0 Å². The minimum Gasteiger partial charge on any atom is -0.206 e. The van der Waals surface area contributed by atoms with Gasteiger partial charge in [0, 0.05) is 10.9 Å². The van der Waals surface area contributed by atoms with Crippen molar-refractivity contribution in [1.82, 2.24) is 0 Å². The first-order valence-corrected chi connectivity index (χ1v) is 11.7. The van der Waals surface area contributed by atoms with E-state index in [4.69, 9.17) is 11.6 Å². The molecule has 1 saturated carbocycles. The van der Waals surface area contributed by atoms with Gasteiger partial charge >= 0.3 is 0 Å². The smallest absolute Gasteiger partial charge is 0.145 e. The predicted molar refractivity (Wildman–Crippen MR) is 123 cm³/mol. The second-order valence-electron chi connectivity index (χ2n) is 8.87. The largest absolute Gasteiger partial charge is 0.206 e. The molecule has 1 aliphatic rings. The molecule has 3 aromatic carbocycles. The fourth-order valence-corrected chi connectivity index (χ4v) is 5.07. The van der Waals surface area contributed by atoms with Gasteiger partial charge in [-0.15, -0.1) is 0 Å². The molecule has 1 fully saturated rings. The number of hydrogen-bond donors (Lipinski definition) is 0. The molecule has 0 unspecified atom stereocenters. The van der Waals surface area contributed by atoms with Crippen LogP contribution < -0.4 is 0 Å². The van der Waals surface area contributed by atoms with Crippen LogP contribution in [0.3, 0.4) is 0 Å². The lowest BCUT2D eigenvalue weighted by Gasteiger charge is -2.29. The van der Waals surface area contributed by atoms with Crippen LogP contribution in [-0.2, 0) is 0 Å². The van der Waals surface area contributed by atoms with Gasteiger partial charge in [-0.2, -0.15) is 0 Å². The van der Waals surface area contributed by atoms with Gasteiger partial charge < -0.3 is 0 Å². The van der Waals surface area contributed by atoms with E-state index >= 15 is 4.39 Å². The molecule has 1 aliphatic carbocycles. The average molecular weight is 445 g/mol. The zero-order chi connectivity index (χ0) is 22.0. The molecular weight excluding hydrogens is 417 g/mol. The molecule has 0 nitrogen and oxygen atoms in total. The number of fused-ring (bicyclic) bond motifs is 1. The van der Waals surface area contributed by atoms with Crippen molar-refractivity contribution in [2.75, 3.05) is 0 Å². The highest BCUT2D eigenvalue weighted by Gasteiger charge is 2.23. The standard InChI is InChI=1S/C27H28ClF3/c1-2-3-4-5-17-6-8-18(9-7-17)19-10-12-22-20(14-19)11-13-23(27(22)31)21-15-24(29)26(28)25(30)16-21/h10-18H,2-9H2,1H3. The molecule has 31 heavy (non-hydrogen) atoms. The summed E-state index contributed by atoms with van der Waals surface area (Å²) in [4.78, 5) is 0. The molecule has 0 spiro atoms. The molecule has 0 atom stereocenters. The Morgan fingerprint density at radius 2 is 1.58 bits per heavy atom. The Kier molecular flexibility index (Phi) is 6.91. The summed E-state index contributed by atoms with van der Waals surface area (Å²) in [7, 11) is 0. The fraction of sp³-hybridized carbons (Fsp3) is 0.407.